The largest absolute Gasteiger partial charge is 0.376 e. The molecule has 0 heterocycles. The number of benzene rings is 2. The molecule has 0 aliphatic carbocycles. The second-order valence-electron chi connectivity index (χ2n) is 7.21. The first kappa shape index (κ1) is 23.9. The number of carbonyl (C=O) groups is 3. The van der Waals surface area contributed by atoms with Crippen LogP contribution in [0.15, 0.2) is 48.5 Å². The lowest BCUT2D eigenvalue weighted by molar-refractivity contribution is -0.114. The Morgan fingerprint density at radius 3 is 2.13 bits per heavy atom. The molecular formula is C24H32N4O3. The summed E-state index contributed by atoms with van der Waals surface area (Å²) in [5, 5.41) is 8.60. The minimum atomic E-state index is -0.226. The van der Waals surface area contributed by atoms with Crippen LogP contribution in [0.1, 0.15) is 54.3 Å². The molecule has 7 nitrogen and oxygen atoms in total. The monoisotopic (exact) mass is 424 g/mol. The molecule has 3 amide bonds. The van der Waals surface area contributed by atoms with Crippen LogP contribution >= 0.6 is 0 Å². The molecule has 0 atom stereocenters. The summed E-state index contributed by atoms with van der Waals surface area (Å²) >= 11 is 0. The van der Waals surface area contributed by atoms with Crippen LogP contribution in [-0.4, -0.2) is 48.8 Å². The van der Waals surface area contributed by atoms with E-state index < -0.39 is 0 Å². The lowest BCUT2D eigenvalue weighted by Gasteiger charge is -2.21. The zero-order chi connectivity index (χ0) is 22.6. The van der Waals surface area contributed by atoms with Gasteiger partial charge in [-0.25, -0.2) is 0 Å². The Morgan fingerprint density at radius 2 is 1.52 bits per heavy atom. The molecule has 166 valence electrons. The van der Waals surface area contributed by atoms with E-state index in [4.69, 9.17) is 0 Å². The molecule has 0 saturated carbocycles. The summed E-state index contributed by atoms with van der Waals surface area (Å²) in [6, 6.07) is 13.9. The lowest BCUT2D eigenvalue weighted by atomic mass is 10.1. The third-order valence-corrected chi connectivity index (χ3v) is 4.61. The van der Waals surface area contributed by atoms with Gasteiger partial charge >= 0.3 is 0 Å². The van der Waals surface area contributed by atoms with Gasteiger partial charge in [0.2, 0.25) is 5.91 Å². The Morgan fingerprint density at radius 1 is 0.839 bits per heavy atom. The van der Waals surface area contributed by atoms with Crippen molar-refractivity contribution in [2.45, 2.75) is 33.6 Å². The number of rotatable bonds is 11. The van der Waals surface area contributed by atoms with Crippen LogP contribution in [0.4, 0.5) is 11.4 Å². The highest BCUT2D eigenvalue weighted by molar-refractivity contribution is 5.98. The number of amides is 3. The number of carbonyl (C=O) groups excluding carboxylic acids is 3. The summed E-state index contributed by atoms with van der Waals surface area (Å²) < 4.78 is 0. The number of hydrogen-bond acceptors (Lipinski definition) is 4. The minimum absolute atomic E-state index is 0.0230. The van der Waals surface area contributed by atoms with Crippen LogP contribution in [-0.2, 0) is 4.79 Å². The SMILES string of the molecule is CCCN(CCC)C(=O)c1cccc(NC(=O)CNc2ccc(C(=O)NCC)cc2)c1. The lowest BCUT2D eigenvalue weighted by Crippen LogP contribution is -2.32. The van der Waals surface area contributed by atoms with E-state index >= 15 is 0 Å². The van der Waals surface area contributed by atoms with Gasteiger partial charge in [-0.2, -0.15) is 0 Å². The van der Waals surface area contributed by atoms with E-state index in [2.05, 4.69) is 16.0 Å². The van der Waals surface area contributed by atoms with Crippen LogP contribution in [0.25, 0.3) is 0 Å². The van der Waals surface area contributed by atoms with Gasteiger partial charge in [-0.1, -0.05) is 19.9 Å². The summed E-state index contributed by atoms with van der Waals surface area (Å²) in [5.41, 5.74) is 2.45. The van der Waals surface area contributed by atoms with Gasteiger partial charge in [-0.3, -0.25) is 14.4 Å². The molecule has 0 aliphatic heterocycles. The van der Waals surface area contributed by atoms with Crippen LogP contribution in [0.3, 0.4) is 0 Å². The number of anilines is 2. The summed E-state index contributed by atoms with van der Waals surface area (Å²) in [6.45, 7) is 8.03. The van der Waals surface area contributed by atoms with Crippen molar-refractivity contribution in [3.8, 4) is 0 Å². The summed E-state index contributed by atoms with van der Waals surface area (Å²) in [4.78, 5) is 38.7. The molecule has 31 heavy (non-hydrogen) atoms. The Balaban J connectivity index is 1.93. The quantitative estimate of drug-likeness (QED) is 0.512. The normalized spacial score (nSPS) is 10.3. The highest BCUT2D eigenvalue weighted by Gasteiger charge is 2.15. The Kier molecular flexibility index (Phi) is 9.55. The van der Waals surface area contributed by atoms with Crippen molar-refractivity contribution < 1.29 is 14.4 Å². The van der Waals surface area contributed by atoms with E-state index in [9.17, 15) is 14.4 Å². The van der Waals surface area contributed by atoms with E-state index in [0.29, 0.717) is 36.4 Å². The van der Waals surface area contributed by atoms with Crippen molar-refractivity contribution in [2.75, 3.05) is 36.8 Å². The van der Waals surface area contributed by atoms with Gasteiger partial charge < -0.3 is 20.9 Å². The first-order valence-corrected chi connectivity index (χ1v) is 10.8. The zero-order valence-electron chi connectivity index (χ0n) is 18.5. The molecular weight excluding hydrogens is 392 g/mol. The fourth-order valence-electron chi connectivity index (χ4n) is 3.16. The highest BCUT2D eigenvalue weighted by atomic mass is 16.2. The number of hydrogen-bond donors (Lipinski definition) is 3. The van der Waals surface area contributed by atoms with Crippen molar-refractivity contribution in [3.63, 3.8) is 0 Å². The predicted octanol–water partition coefficient (Wildman–Crippen LogP) is 3.75. The summed E-state index contributed by atoms with van der Waals surface area (Å²) in [6.07, 6.45) is 1.80. The zero-order valence-corrected chi connectivity index (χ0v) is 18.5. The summed E-state index contributed by atoms with van der Waals surface area (Å²) in [5.74, 6) is -0.376. The van der Waals surface area contributed by atoms with Gasteiger partial charge in [0, 0.05) is 42.1 Å². The average Bonchev–Trinajstić information content (AvgIpc) is 2.78. The maximum absolute atomic E-state index is 12.8. The van der Waals surface area contributed by atoms with Crippen molar-refractivity contribution in [2.24, 2.45) is 0 Å². The molecule has 2 aromatic rings. The van der Waals surface area contributed by atoms with Crippen LogP contribution < -0.4 is 16.0 Å². The summed E-state index contributed by atoms with van der Waals surface area (Å²) in [7, 11) is 0. The van der Waals surface area contributed by atoms with Crippen LogP contribution in [0.2, 0.25) is 0 Å². The van der Waals surface area contributed by atoms with E-state index in [0.717, 1.165) is 18.5 Å². The van der Waals surface area contributed by atoms with Gasteiger partial charge in [-0.15, -0.1) is 0 Å². The van der Waals surface area contributed by atoms with E-state index in [1.54, 1.807) is 48.5 Å². The maximum atomic E-state index is 12.8. The topological polar surface area (TPSA) is 90.5 Å². The van der Waals surface area contributed by atoms with E-state index in [1.807, 2.05) is 25.7 Å². The smallest absolute Gasteiger partial charge is 0.253 e. The van der Waals surface area contributed by atoms with Crippen molar-refractivity contribution >= 4 is 29.1 Å². The van der Waals surface area contributed by atoms with Gasteiger partial charge in [0.25, 0.3) is 11.8 Å². The standard InChI is InChI=1S/C24H32N4O3/c1-4-14-28(15-5-2)24(31)19-8-7-9-21(16-19)27-22(29)17-26-20-12-10-18(11-13-20)23(30)25-6-3/h7-13,16,26H,4-6,14-15,17H2,1-3H3,(H,25,30)(H,27,29). The van der Waals surface area contributed by atoms with Gasteiger partial charge in [-0.05, 0) is 62.2 Å². The minimum Gasteiger partial charge on any atom is -0.376 e. The third-order valence-electron chi connectivity index (χ3n) is 4.61. The van der Waals surface area contributed by atoms with Crippen molar-refractivity contribution in [1.29, 1.82) is 0 Å². The van der Waals surface area contributed by atoms with E-state index in [-0.39, 0.29) is 24.3 Å². The number of nitrogens with zero attached hydrogens (tertiary/aromatic N) is 1. The molecule has 7 heteroatoms. The van der Waals surface area contributed by atoms with E-state index in [1.165, 1.54) is 0 Å². The Hall–Kier alpha value is -3.35. The molecule has 0 saturated heterocycles. The molecule has 0 spiro atoms. The molecule has 3 N–H and O–H groups in total. The van der Waals surface area contributed by atoms with Crippen LogP contribution in [0, 0.1) is 0 Å². The molecule has 0 unspecified atom stereocenters. The van der Waals surface area contributed by atoms with Gasteiger partial charge in [0.05, 0.1) is 6.54 Å². The predicted molar refractivity (Wildman–Crippen MR) is 124 cm³/mol. The molecule has 0 aliphatic rings. The average molecular weight is 425 g/mol. The van der Waals surface area contributed by atoms with Gasteiger partial charge in [0.1, 0.15) is 0 Å². The molecule has 0 bridgehead atoms. The Labute approximate surface area is 184 Å². The second-order valence-corrected chi connectivity index (χ2v) is 7.21. The van der Waals surface area contributed by atoms with Crippen LogP contribution in [0.5, 0.6) is 0 Å². The number of nitrogens with one attached hydrogen (secondary N) is 3. The Bertz CT molecular complexity index is 875. The first-order chi connectivity index (χ1) is 15.0. The van der Waals surface area contributed by atoms with Gasteiger partial charge in [0.15, 0.2) is 0 Å². The maximum Gasteiger partial charge on any atom is 0.253 e. The van der Waals surface area contributed by atoms with Crippen molar-refractivity contribution in [1.82, 2.24) is 10.2 Å². The molecule has 0 radical (unpaired) electrons. The molecule has 0 aromatic heterocycles. The second kappa shape index (κ2) is 12.4. The fourth-order valence-corrected chi connectivity index (χ4v) is 3.16. The highest BCUT2D eigenvalue weighted by Crippen LogP contribution is 2.14. The third kappa shape index (κ3) is 7.44. The molecule has 2 aromatic carbocycles. The molecule has 0 fully saturated rings. The first-order valence-electron chi connectivity index (χ1n) is 10.8. The van der Waals surface area contributed by atoms with Crippen molar-refractivity contribution in [3.05, 3.63) is 59.7 Å². The fraction of sp³-hybridized carbons (Fsp3) is 0.375. The molecule has 2 rings (SSSR count).